The van der Waals surface area contributed by atoms with Gasteiger partial charge in [-0.3, -0.25) is 4.98 Å². The van der Waals surface area contributed by atoms with Gasteiger partial charge >= 0.3 is 0 Å². The standard InChI is InChI=1S/C13H11ClN4S2/c1-7(20-13-17-11(14)5-12(15)18-13)9-4-8-2-3-19-10(8)6-16-9/h2-7H,1H3,(H2,15,17,18). The van der Waals surface area contributed by atoms with Crippen molar-refractivity contribution in [3.63, 3.8) is 0 Å². The number of aromatic nitrogens is 3. The molecule has 0 saturated heterocycles. The molecular formula is C13H11ClN4S2. The number of thioether (sulfide) groups is 1. The minimum absolute atomic E-state index is 0.122. The number of thiophene rings is 1. The van der Waals surface area contributed by atoms with E-state index in [2.05, 4.69) is 39.4 Å². The molecule has 0 saturated carbocycles. The van der Waals surface area contributed by atoms with Crippen LogP contribution in [0.1, 0.15) is 17.9 Å². The molecule has 0 aliphatic carbocycles. The lowest BCUT2D eigenvalue weighted by Crippen LogP contribution is -1.98. The molecule has 102 valence electrons. The summed E-state index contributed by atoms with van der Waals surface area (Å²) in [6.45, 7) is 2.06. The maximum absolute atomic E-state index is 5.88. The molecule has 3 heterocycles. The van der Waals surface area contributed by atoms with E-state index in [1.54, 1.807) is 11.3 Å². The summed E-state index contributed by atoms with van der Waals surface area (Å²) in [7, 11) is 0. The van der Waals surface area contributed by atoms with Crippen molar-refractivity contribution in [1.29, 1.82) is 0 Å². The second-order valence-electron chi connectivity index (χ2n) is 4.23. The highest BCUT2D eigenvalue weighted by Crippen LogP contribution is 2.34. The van der Waals surface area contributed by atoms with Crippen LogP contribution in [0.5, 0.6) is 0 Å². The van der Waals surface area contributed by atoms with Crippen LogP contribution in [0.25, 0.3) is 10.1 Å². The molecular weight excluding hydrogens is 312 g/mol. The molecule has 1 unspecified atom stereocenters. The largest absolute Gasteiger partial charge is 0.384 e. The predicted octanol–water partition coefficient (Wildman–Crippen LogP) is 4.18. The van der Waals surface area contributed by atoms with E-state index in [-0.39, 0.29) is 5.25 Å². The molecule has 0 aliphatic heterocycles. The Bertz CT molecular complexity index is 739. The van der Waals surface area contributed by atoms with E-state index >= 15 is 0 Å². The van der Waals surface area contributed by atoms with Crippen LogP contribution in [-0.2, 0) is 0 Å². The van der Waals surface area contributed by atoms with Gasteiger partial charge in [0.1, 0.15) is 11.0 Å². The molecule has 0 fully saturated rings. The van der Waals surface area contributed by atoms with E-state index < -0.39 is 0 Å². The van der Waals surface area contributed by atoms with Crippen molar-refractivity contribution in [3.8, 4) is 0 Å². The van der Waals surface area contributed by atoms with Crippen molar-refractivity contribution < 1.29 is 0 Å². The summed E-state index contributed by atoms with van der Waals surface area (Å²) in [6.07, 6.45) is 1.90. The third-order valence-corrected chi connectivity index (χ3v) is 4.80. The summed E-state index contributed by atoms with van der Waals surface area (Å²) < 4.78 is 1.19. The van der Waals surface area contributed by atoms with Crippen LogP contribution in [0.3, 0.4) is 0 Å². The van der Waals surface area contributed by atoms with Crippen LogP contribution in [0.4, 0.5) is 5.82 Å². The molecule has 7 heteroatoms. The molecule has 3 aromatic rings. The van der Waals surface area contributed by atoms with Crippen molar-refractivity contribution in [3.05, 3.63) is 40.6 Å². The lowest BCUT2D eigenvalue weighted by atomic mass is 10.2. The maximum Gasteiger partial charge on any atom is 0.191 e. The van der Waals surface area contributed by atoms with Crippen molar-refractivity contribution in [2.45, 2.75) is 17.3 Å². The minimum Gasteiger partial charge on any atom is -0.384 e. The van der Waals surface area contributed by atoms with Gasteiger partial charge in [-0.1, -0.05) is 23.4 Å². The first kappa shape index (κ1) is 13.6. The Morgan fingerprint density at radius 3 is 3.00 bits per heavy atom. The number of nitrogen functional groups attached to an aromatic ring is 1. The smallest absolute Gasteiger partial charge is 0.191 e. The fraction of sp³-hybridized carbons (Fsp3) is 0.154. The Balaban J connectivity index is 1.86. The van der Waals surface area contributed by atoms with Crippen LogP contribution >= 0.6 is 34.7 Å². The third-order valence-electron chi connectivity index (χ3n) is 2.75. The number of hydrogen-bond acceptors (Lipinski definition) is 6. The zero-order valence-electron chi connectivity index (χ0n) is 10.6. The summed E-state index contributed by atoms with van der Waals surface area (Å²) in [6, 6.07) is 5.72. The van der Waals surface area contributed by atoms with Crippen LogP contribution < -0.4 is 5.73 Å². The molecule has 0 radical (unpaired) electrons. The quantitative estimate of drug-likeness (QED) is 0.445. The summed E-state index contributed by atoms with van der Waals surface area (Å²) in [5.74, 6) is 0.376. The zero-order valence-corrected chi connectivity index (χ0v) is 13.0. The van der Waals surface area contributed by atoms with Gasteiger partial charge in [0.05, 0.1) is 15.6 Å². The Morgan fingerprint density at radius 2 is 2.20 bits per heavy atom. The van der Waals surface area contributed by atoms with Gasteiger partial charge in [-0.2, -0.15) is 0 Å². The number of rotatable bonds is 3. The Kier molecular flexibility index (Phi) is 3.78. The van der Waals surface area contributed by atoms with Crippen molar-refractivity contribution in [2.24, 2.45) is 0 Å². The van der Waals surface area contributed by atoms with Crippen LogP contribution in [0, 0.1) is 0 Å². The number of pyridine rings is 1. The number of nitrogens with zero attached hydrogens (tertiary/aromatic N) is 3. The van der Waals surface area contributed by atoms with Gasteiger partial charge in [-0.25, -0.2) is 9.97 Å². The van der Waals surface area contributed by atoms with Crippen molar-refractivity contribution in [2.75, 3.05) is 5.73 Å². The van der Waals surface area contributed by atoms with Gasteiger partial charge in [-0.05, 0) is 29.8 Å². The Hall–Kier alpha value is -1.37. The predicted molar refractivity (Wildman–Crippen MR) is 85.3 cm³/mol. The molecule has 20 heavy (non-hydrogen) atoms. The zero-order chi connectivity index (χ0) is 14.1. The molecule has 0 amide bonds. The van der Waals surface area contributed by atoms with E-state index in [0.717, 1.165) is 5.69 Å². The molecule has 2 N–H and O–H groups in total. The fourth-order valence-corrected chi connectivity index (χ4v) is 3.65. The van der Waals surface area contributed by atoms with Gasteiger partial charge in [-0.15, -0.1) is 11.3 Å². The number of nitrogens with two attached hydrogens (primary N) is 1. The third kappa shape index (κ3) is 2.87. The molecule has 0 spiro atoms. The minimum atomic E-state index is 0.122. The highest BCUT2D eigenvalue weighted by Gasteiger charge is 2.13. The van der Waals surface area contributed by atoms with E-state index in [1.807, 2.05) is 6.20 Å². The number of fused-ring (bicyclic) bond motifs is 1. The monoisotopic (exact) mass is 322 g/mol. The first-order valence-corrected chi connectivity index (χ1v) is 8.05. The lowest BCUT2D eigenvalue weighted by Gasteiger charge is -2.10. The van der Waals surface area contributed by atoms with Crippen molar-refractivity contribution >= 4 is 50.6 Å². The fourth-order valence-electron chi connectivity index (χ4n) is 1.79. The molecule has 4 nitrogen and oxygen atoms in total. The molecule has 3 rings (SSSR count). The maximum atomic E-state index is 5.88. The molecule has 0 aromatic carbocycles. The second kappa shape index (κ2) is 5.55. The molecule has 0 bridgehead atoms. The lowest BCUT2D eigenvalue weighted by molar-refractivity contribution is 0.947. The molecule has 0 aliphatic rings. The Morgan fingerprint density at radius 1 is 1.35 bits per heavy atom. The first-order valence-electron chi connectivity index (χ1n) is 5.91. The van der Waals surface area contributed by atoms with Gasteiger partial charge in [0.15, 0.2) is 5.16 Å². The average molecular weight is 323 g/mol. The van der Waals surface area contributed by atoms with Crippen molar-refractivity contribution in [1.82, 2.24) is 15.0 Å². The normalized spacial score (nSPS) is 12.7. The SMILES string of the molecule is CC(Sc1nc(N)cc(Cl)n1)c1cc2ccsc2cn1. The summed E-state index contributed by atoms with van der Waals surface area (Å²) in [5.41, 5.74) is 6.66. The topological polar surface area (TPSA) is 64.7 Å². The molecule has 1 atom stereocenters. The number of halogens is 1. The van der Waals surface area contributed by atoms with E-state index in [4.69, 9.17) is 17.3 Å². The summed E-state index contributed by atoms with van der Waals surface area (Å²) >= 11 is 9.06. The van der Waals surface area contributed by atoms with Gasteiger partial charge < -0.3 is 5.73 Å². The Labute approximate surface area is 129 Å². The van der Waals surface area contributed by atoms with Gasteiger partial charge in [0.25, 0.3) is 0 Å². The van der Waals surface area contributed by atoms with E-state index in [1.165, 1.54) is 27.9 Å². The van der Waals surface area contributed by atoms with Gasteiger partial charge in [0, 0.05) is 12.3 Å². The van der Waals surface area contributed by atoms with E-state index in [0.29, 0.717) is 16.1 Å². The highest BCUT2D eigenvalue weighted by molar-refractivity contribution is 7.99. The summed E-state index contributed by atoms with van der Waals surface area (Å²) in [5, 5.41) is 4.31. The molecule has 3 aromatic heterocycles. The van der Waals surface area contributed by atoms with Gasteiger partial charge in [0.2, 0.25) is 0 Å². The number of hydrogen-bond donors (Lipinski definition) is 1. The average Bonchev–Trinajstić information content (AvgIpc) is 2.84. The van der Waals surface area contributed by atoms with Crippen LogP contribution in [0.2, 0.25) is 5.15 Å². The summed E-state index contributed by atoms with van der Waals surface area (Å²) in [4.78, 5) is 12.8. The second-order valence-corrected chi connectivity index (χ2v) is 6.87. The van der Waals surface area contributed by atoms with E-state index in [9.17, 15) is 0 Å². The van der Waals surface area contributed by atoms with Crippen LogP contribution in [0.15, 0.2) is 34.9 Å². The number of anilines is 1. The first-order chi connectivity index (χ1) is 9.61. The highest BCUT2D eigenvalue weighted by atomic mass is 35.5. The van der Waals surface area contributed by atoms with Crippen LogP contribution in [-0.4, -0.2) is 15.0 Å².